The van der Waals surface area contributed by atoms with Crippen molar-refractivity contribution in [1.29, 1.82) is 0 Å². The molecular formula is C14H21N3OS2. The highest BCUT2D eigenvalue weighted by molar-refractivity contribution is 8.00. The molecule has 0 aliphatic carbocycles. The van der Waals surface area contributed by atoms with Gasteiger partial charge in [0.1, 0.15) is 0 Å². The van der Waals surface area contributed by atoms with Gasteiger partial charge in [-0.3, -0.25) is 4.57 Å². The van der Waals surface area contributed by atoms with Gasteiger partial charge in [0.25, 0.3) is 0 Å². The van der Waals surface area contributed by atoms with Crippen LogP contribution in [0.5, 0.6) is 5.88 Å². The Hall–Kier alpha value is -1.01. The Balaban J connectivity index is 2.53. The maximum absolute atomic E-state index is 5.46. The summed E-state index contributed by atoms with van der Waals surface area (Å²) < 4.78 is 8.23. The van der Waals surface area contributed by atoms with Gasteiger partial charge in [0.2, 0.25) is 5.88 Å². The van der Waals surface area contributed by atoms with Crippen LogP contribution in [0.15, 0.2) is 12.1 Å². The molecule has 20 heavy (non-hydrogen) atoms. The van der Waals surface area contributed by atoms with Gasteiger partial charge in [0.05, 0.1) is 12.6 Å². The molecule has 0 atom stereocenters. The van der Waals surface area contributed by atoms with E-state index in [1.54, 1.807) is 7.11 Å². The van der Waals surface area contributed by atoms with E-state index in [0.717, 1.165) is 35.3 Å². The predicted octanol–water partition coefficient (Wildman–Crippen LogP) is 4.02. The fourth-order valence-corrected chi connectivity index (χ4v) is 3.49. The molecule has 0 unspecified atom stereocenters. The number of nitrogens with zero attached hydrogens (tertiary/aromatic N) is 2. The lowest BCUT2D eigenvalue weighted by Gasteiger charge is -2.30. The Labute approximate surface area is 128 Å². The molecule has 0 saturated carbocycles. The Morgan fingerprint density at radius 2 is 2.10 bits per heavy atom. The Kier molecular flexibility index (Phi) is 4.75. The first-order valence-corrected chi connectivity index (χ1v) is 8.41. The average Bonchev–Trinajstić information content (AvgIpc) is 2.79. The van der Waals surface area contributed by atoms with Crippen molar-refractivity contribution in [2.45, 2.75) is 38.0 Å². The van der Waals surface area contributed by atoms with E-state index in [1.165, 1.54) is 0 Å². The number of hydrogen-bond donors (Lipinski definition) is 1. The van der Waals surface area contributed by atoms with E-state index >= 15 is 0 Å². The summed E-state index contributed by atoms with van der Waals surface area (Å²) in [6, 6.07) is 3.81. The maximum Gasteiger partial charge on any atom is 0.215 e. The molecule has 0 spiro atoms. The van der Waals surface area contributed by atoms with Gasteiger partial charge >= 0.3 is 0 Å². The molecule has 0 aromatic carbocycles. The lowest BCUT2D eigenvalue weighted by molar-refractivity contribution is 0.398. The smallest absolute Gasteiger partial charge is 0.215 e. The van der Waals surface area contributed by atoms with Crippen LogP contribution in [0, 0.1) is 4.77 Å². The fraction of sp³-hybridized carbons (Fsp3) is 0.571. The molecule has 0 bridgehead atoms. The molecule has 0 aliphatic heterocycles. The molecule has 4 nitrogen and oxygen atoms in total. The third-order valence-corrected chi connectivity index (χ3v) is 5.86. The summed E-state index contributed by atoms with van der Waals surface area (Å²) in [6.45, 7) is 5.32. The Morgan fingerprint density at radius 1 is 1.40 bits per heavy atom. The van der Waals surface area contributed by atoms with Gasteiger partial charge in [0, 0.05) is 17.4 Å². The summed E-state index contributed by atoms with van der Waals surface area (Å²) >= 11 is 7.36. The SMILES string of the molecule is CCC(CC)(Cn1c(=S)[nH]c2ccc(OC)nc21)SC. The van der Waals surface area contributed by atoms with Crippen LogP contribution >= 0.6 is 24.0 Å². The summed E-state index contributed by atoms with van der Waals surface area (Å²) in [5.41, 5.74) is 1.83. The third-order valence-electron chi connectivity index (χ3n) is 3.97. The quantitative estimate of drug-likeness (QED) is 0.818. The monoisotopic (exact) mass is 311 g/mol. The van der Waals surface area contributed by atoms with Crippen molar-refractivity contribution in [3.63, 3.8) is 0 Å². The zero-order valence-corrected chi connectivity index (χ0v) is 14.0. The standard InChI is InChI=1S/C14H21N3OS2/c1-5-14(6-2,20-4)9-17-12-10(15-13(17)19)7-8-11(16-12)18-3/h7-8H,5-6,9H2,1-4H3,(H,15,19). The lowest BCUT2D eigenvalue weighted by atomic mass is 10.0. The van der Waals surface area contributed by atoms with Crippen molar-refractivity contribution in [2.75, 3.05) is 13.4 Å². The van der Waals surface area contributed by atoms with E-state index in [2.05, 4.69) is 34.6 Å². The zero-order valence-electron chi connectivity index (χ0n) is 12.4. The summed E-state index contributed by atoms with van der Waals surface area (Å²) in [5.74, 6) is 0.614. The normalized spacial score (nSPS) is 12.0. The van der Waals surface area contributed by atoms with E-state index < -0.39 is 0 Å². The number of H-pyrrole nitrogens is 1. The molecule has 2 aromatic heterocycles. The Morgan fingerprint density at radius 3 is 2.65 bits per heavy atom. The van der Waals surface area contributed by atoms with Crippen molar-refractivity contribution in [3.8, 4) is 5.88 Å². The van der Waals surface area contributed by atoms with E-state index in [-0.39, 0.29) is 4.75 Å². The van der Waals surface area contributed by atoms with Gasteiger partial charge in [-0.05, 0) is 37.4 Å². The number of fused-ring (bicyclic) bond motifs is 1. The molecule has 1 N–H and O–H groups in total. The minimum absolute atomic E-state index is 0.193. The highest BCUT2D eigenvalue weighted by Crippen LogP contribution is 2.33. The van der Waals surface area contributed by atoms with Crippen LogP contribution in [0.1, 0.15) is 26.7 Å². The molecular weight excluding hydrogens is 290 g/mol. The molecule has 0 amide bonds. The highest BCUT2D eigenvalue weighted by Gasteiger charge is 2.27. The number of pyridine rings is 1. The zero-order chi connectivity index (χ0) is 14.8. The van der Waals surface area contributed by atoms with Gasteiger partial charge in [-0.25, -0.2) is 0 Å². The largest absolute Gasteiger partial charge is 0.481 e. The maximum atomic E-state index is 5.46. The van der Waals surface area contributed by atoms with Crippen molar-refractivity contribution in [2.24, 2.45) is 0 Å². The minimum Gasteiger partial charge on any atom is -0.481 e. The molecule has 0 radical (unpaired) electrons. The molecule has 2 aromatic rings. The second-order valence-electron chi connectivity index (χ2n) is 4.84. The summed E-state index contributed by atoms with van der Waals surface area (Å²) in [5, 5.41) is 0. The van der Waals surface area contributed by atoms with Crippen molar-refractivity contribution in [1.82, 2.24) is 14.5 Å². The lowest BCUT2D eigenvalue weighted by Crippen LogP contribution is -2.29. The predicted molar refractivity (Wildman–Crippen MR) is 88.3 cm³/mol. The number of aromatic nitrogens is 3. The van der Waals surface area contributed by atoms with E-state index in [0.29, 0.717) is 5.88 Å². The Bertz CT molecular complexity index is 635. The van der Waals surface area contributed by atoms with Crippen LogP contribution in [0.4, 0.5) is 0 Å². The molecule has 2 heterocycles. The first kappa shape index (κ1) is 15.4. The fourth-order valence-electron chi connectivity index (χ4n) is 2.39. The summed E-state index contributed by atoms with van der Waals surface area (Å²) in [6.07, 6.45) is 4.37. The summed E-state index contributed by atoms with van der Waals surface area (Å²) in [4.78, 5) is 7.76. The third kappa shape index (κ3) is 2.72. The number of hydrogen-bond acceptors (Lipinski definition) is 4. The number of aromatic amines is 1. The topological polar surface area (TPSA) is 42.8 Å². The number of methoxy groups -OCH3 is 1. The van der Waals surface area contributed by atoms with Crippen LogP contribution in [0.25, 0.3) is 11.2 Å². The van der Waals surface area contributed by atoms with Gasteiger partial charge in [-0.1, -0.05) is 13.8 Å². The van der Waals surface area contributed by atoms with Crippen LogP contribution < -0.4 is 4.74 Å². The van der Waals surface area contributed by atoms with Gasteiger partial charge < -0.3 is 9.72 Å². The van der Waals surface area contributed by atoms with Crippen LogP contribution in [0.2, 0.25) is 0 Å². The number of thioether (sulfide) groups is 1. The molecule has 2 rings (SSSR count). The number of rotatable bonds is 6. The van der Waals surface area contributed by atoms with Crippen LogP contribution in [-0.2, 0) is 6.54 Å². The molecule has 0 fully saturated rings. The first-order chi connectivity index (χ1) is 9.59. The van der Waals surface area contributed by atoms with E-state index in [1.807, 2.05) is 23.9 Å². The van der Waals surface area contributed by atoms with E-state index in [4.69, 9.17) is 17.0 Å². The molecule has 0 aliphatic rings. The van der Waals surface area contributed by atoms with E-state index in [9.17, 15) is 0 Å². The van der Waals surface area contributed by atoms with Crippen LogP contribution in [0.3, 0.4) is 0 Å². The molecule has 110 valence electrons. The summed E-state index contributed by atoms with van der Waals surface area (Å²) in [7, 11) is 1.63. The number of ether oxygens (including phenoxy) is 1. The van der Waals surface area contributed by atoms with Gasteiger partial charge in [-0.2, -0.15) is 16.7 Å². The van der Waals surface area contributed by atoms with Crippen molar-refractivity contribution >= 4 is 35.1 Å². The van der Waals surface area contributed by atoms with Gasteiger partial charge in [0.15, 0.2) is 10.4 Å². The average molecular weight is 311 g/mol. The number of imidazole rings is 1. The second kappa shape index (κ2) is 6.18. The second-order valence-corrected chi connectivity index (χ2v) is 6.50. The minimum atomic E-state index is 0.193. The number of nitrogens with one attached hydrogen (secondary N) is 1. The van der Waals surface area contributed by atoms with Crippen molar-refractivity contribution in [3.05, 3.63) is 16.9 Å². The molecule has 0 saturated heterocycles. The first-order valence-electron chi connectivity index (χ1n) is 6.78. The van der Waals surface area contributed by atoms with Gasteiger partial charge in [-0.15, -0.1) is 0 Å². The van der Waals surface area contributed by atoms with Crippen molar-refractivity contribution < 1.29 is 4.74 Å². The highest BCUT2D eigenvalue weighted by atomic mass is 32.2. The van der Waals surface area contributed by atoms with Crippen LogP contribution in [-0.4, -0.2) is 32.6 Å². The molecule has 6 heteroatoms.